The lowest BCUT2D eigenvalue weighted by Crippen LogP contribution is -2.54. The number of ether oxygens (including phenoxy) is 1. The quantitative estimate of drug-likeness (QED) is 0.774. The second-order valence-corrected chi connectivity index (χ2v) is 8.70. The van der Waals surface area contributed by atoms with Crippen LogP contribution in [0, 0.1) is 23.2 Å². The van der Waals surface area contributed by atoms with Gasteiger partial charge in [0.2, 0.25) is 5.91 Å². The lowest BCUT2D eigenvalue weighted by Gasteiger charge is -2.56. The van der Waals surface area contributed by atoms with Gasteiger partial charge in [-0.2, -0.15) is 0 Å². The largest absolute Gasteiger partial charge is 0.465 e. The number of nitrogens with zero attached hydrogens (tertiary/aromatic N) is 1. The first-order valence-electron chi connectivity index (χ1n) is 9.62. The fraction of sp³-hybridized carbons (Fsp3) is 0.619. The number of carbonyl (C=O) groups is 2. The van der Waals surface area contributed by atoms with E-state index in [1.807, 2.05) is 23.1 Å². The van der Waals surface area contributed by atoms with Crippen LogP contribution in [0.5, 0.6) is 0 Å². The summed E-state index contributed by atoms with van der Waals surface area (Å²) in [4.78, 5) is 27.6. The van der Waals surface area contributed by atoms with Crippen LogP contribution in [0.1, 0.15) is 54.4 Å². The second kappa shape index (κ2) is 5.33. The molecule has 0 atom stereocenters. The predicted octanol–water partition coefficient (Wildman–Crippen LogP) is 3.58. The van der Waals surface area contributed by atoms with Crippen LogP contribution in [0.15, 0.2) is 18.2 Å². The molecule has 1 heterocycles. The summed E-state index contributed by atoms with van der Waals surface area (Å²) in [6, 6.07) is 5.67. The van der Waals surface area contributed by atoms with Gasteiger partial charge in [-0.3, -0.25) is 4.79 Å². The summed E-state index contributed by atoms with van der Waals surface area (Å²) in [5.41, 5.74) is 2.40. The van der Waals surface area contributed by atoms with Crippen molar-refractivity contribution in [2.45, 2.75) is 44.9 Å². The van der Waals surface area contributed by atoms with Crippen molar-refractivity contribution in [1.29, 1.82) is 0 Å². The van der Waals surface area contributed by atoms with Gasteiger partial charge in [-0.15, -0.1) is 0 Å². The maximum atomic E-state index is 13.6. The summed E-state index contributed by atoms with van der Waals surface area (Å²) in [5, 5.41) is 0. The summed E-state index contributed by atoms with van der Waals surface area (Å²) < 4.78 is 4.92. The van der Waals surface area contributed by atoms with E-state index < -0.39 is 0 Å². The molecular weight excluding hydrogens is 314 g/mol. The minimum Gasteiger partial charge on any atom is -0.465 e. The van der Waals surface area contributed by atoms with Crippen LogP contribution >= 0.6 is 0 Å². The molecule has 0 spiro atoms. The summed E-state index contributed by atoms with van der Waals surface area (Å²) in [6.07, 6.45) is 8.03. The number of esters is 1. The fourth-order valence-corrected chi connectivity index (χ4v) is 6.61. The van der Waals surface area contributed by atoms with Crippen molar-refractivity contribution in [3.8, 4) is 0 Å². The molecular formula is C21H25NO3. The molecule has 132 valence electrons. The van der Waals surface area contributed by atoms with E-state index >= 15 is 0 Å². The number of carbonyl (C=O) groups excluding carboxylic acids is 2. The maximum Gasteiger partial charge on any atom is 0.338 e. The first-order chi connectivity index (χ1) is 12.1. The van der Waals surface area contributed by atoms with Crippen LogP contribution in [0.3, 0.4) is 0 Å². The van der Waals surface area contributed by atoms with E-state index in [-0.39, 0.29) is 11.4 Å². The predicted molar refractivity (Wildman–Crippen MR) is 94.4 cm³/mol. The number of hydrogen-bond acceptors (Lipinski definition) is 3. The first-order valence-corrected chi connectivity index (χ1v) is 9.62. The molecule has 4 nitrogen and oxygen atoms in total. The van der Waals surface area contributed by atoms with Gasteiger partial charge in [0, 0.05) is 12.2 Å². The number of methoxy groups -OCH3 is 1. The van der Waals surface area contributed by atoms with Crippen molar-refractivity contribution >= 4 is 17.6 Å². The van der Waals surface area contributed by atoms with Crippen LogP contribution < -0.4 is 4.90 Å². The normalized spacial score (nSPS) is 34.9. The average Bonchev–Trinajstić information content (AvgIpc) is 3.03. The Labute approximate surface area is 148 Å². The Morgan fingerprint density at radius 3 is 2.32 bits per heavy atom. The number of benzene rings is 1. The van der Waals surface area contributed by atoms with Crippen LogP contribution in [0.4, 0.5) is 5.69 Å². The number of hydrogen-bond donors (Lipinski definition) is 0. The van der Waals surface area contributed by atoms with Gasteiger partial charge in [0.25, 0.3) is 0 Å². The average molecular weight is 339 g/mol. The standard InChI is InChI=1S/C21H25NO3/c1-25-19(23)17-3-2-4-18-16(17)5-6-22(18)20(24)21-10-13-7-14(11-21)9-15(8-13)12-21/h2-4,13-15H,5-12H2,1H3. The van der Waals surface area contributed by atoms with Gasteiger partial charge in [-0.25, -0.2) is 4.79 Å². The smallest absolute Gasteiger partial charge is 0.338 e. The molecule has 0 N–H and O–H groups in total. The third-order valence-corrected chi connectivity index (χ3v) is 7.17. The van der Waals surface area contributed by atoms with Crippen molar-refractivity contribution < 1.29 is 14.3 Å². The van der Waals surface area contributed by atoms with Crippen molar-refractivity contribution in [1.82, 2.24) is 0 Å². The van der Waals surface area contributed by atoms with E-state index in [0.717, 1.165) is 54.7 Å². The third kappa shape index (κ3) is 2.19. The number of fused-ring (bicyclic) bond motifs is 1. The molecule has 0 unspecified atom stereocenters. The number of amides is 1. The van der Waals surface area contributed by atoms with Gasteiger partial charge in [-0.1, -0.05) is 6.07 Å². The highest BCUT2D eigenvalue weighted by atomic mass is 16.5. The number of rotatable bonds is 2. The zero-order chi connectivity index (χ0) is 17.2. The fourth-order valence-electron chi connectivity index (χ4n) is 6.61. The molecule has 25 heavy (non-hydrogen) atoms. The minimum atomic E-state index is -0.305. The van der Waals surface area contributed by atoms with Crippen molar-refractivity contribution in [3.05, 3.63) is 29.3 Å². The molecule has 6 rings (SSSR count). The Hall–Kier alpha value is -1.84. The molecule has 1 aliphatic heterocycles. The summed E-state index contributed by atoms with van der Waals surface area (Å²) in [7, 11) is 1.41. The lowest BCUT2D eigenvalue weighted by atomic mass is 9.49. The molecule has 4 fully saturated rings. The monoisotopic (exact) mass is 339 g/mol. The van der Waals surface area contributed by atoms with Gasteiger partial charge in [-0.05, 0) is 80.4 Å². The van der Waals surface area contributed by atoms with E-state index in [4.69, 9.17) is 4.74 Å². The molecule has 1 aromatic rings. The van der Waals surface area contributed by atoms with Crippen molar-refractivity contribution in [3.63, 3.8) is 0 Å². The van der Waals surface area contributed by atoms with Crippen LogP contribution in [0.25, 0.3) is 0 Å². The van der Waals surface area contributed by atoms with E-state index in [2.05, 4.69) is 0 Å². The van der Waals surface area contributed by atoms with E-state index in [0.29, 0.717) is 18.0 Å². The third-order valence-electron chi connectivity index (χ3n) is 7.17. The second-order valence-electron chi connectivity index (χ2n) is 8.70. The molecule has 4 aliphatic carbocycles. The molecule has 0 aromatic heterocycles. The number of anilines is 1. The Morgan fingerprint density at radius 2 is 1.72 bits per heavy atom. The van der Waals surface area contributed by atoms with Crippen LogP contribution in [-0.4, -0.2) is 25.5 Å². The van der Waals surface area contributed by atoms with Crippen molar-refractivity contribution in [2.75, 3.05) is 18.6 Å². The maximum absolute atomic E-state index is 13.6. The molecule has 0 radical (unpaired) electrons. The highest BCUT2D eigenvalue weighted by Crippen LogP contribution is 2.61. The highest BCUT2D eigenvalue weighted by molar-refractivity contribution is 6.02. The summed E-state index contributed by atoms with van der Waals surface area (Å²) in [5.74, 6) is 2.31. The van der Waals surface area contributed by atoms with Gasteiger partial charge in [0.15, 0.2) is 0 Å². The summed E-state index contributed by atoms with van der Waals surface area (Å²) >= 11 is 0. The Balaban J connectivity index is 1.48. The van der Waals surface area contributed by atoms with Gasteiger partial charge in [0.05, 0.1) is 18.1 Å². The SMILES string of the molecule is COC(=O)c1cccc2c1CCN2C(=O)C12CC3CC(CC(C3)C1)C2. The molecule has 0 saturated heterocycles. The molecule has 1 aromatic carbocycles. The Morgan fingerprint density at radius 1 is 1.08 bits per heavy atom. The topological polar surface area (TPSA) is 46.6 Å². The first kappa shape index (κ1) is 15.4. The zero-order valence-corrected chi connectivity index (χ0v) is 14.8. The van der Waals surface area contributed by atoms with E-state index in [1.54, 1.807) is 0 Å². The van der Waals surface area contributed by atoms with E-state index in [1.165, 1.54) is 26.4 Å². The molecule has 1 amide bonds. The van der Waals surface area contributed by atoms with Gasteiger partial charge in [0.1, 0.15) is 0 Å². The molecule has 4 bridgehead atoms. The van der Waals surface area contributed by atoms with E-state index in [9.17, 15) is 9.59 Å². The highest BCUT2D eigenvalue weighted by Gasteiger charge is 2.56. The zero-order valence-electron chi connectivity index (χ0n) is 14.8. The molecule has 4 heteroatoms. The van der Waals surface area contributed by atoms with Gasteiger partial charge >= 0.3 is 5.97 Å². The Kier molecular flexibility index (Phi) is 3.28. The minimum absolute atomic E-state index is 0.127. The molecule has 4 saturated carbocycles. The van der Waals surface area contributed by atoms with Gasteiger partial charge < -0.3 is 9.64 Å². The molecule has 5 aliphatic rings. The van der Waals surface area contributed by atoms with Crippen LogP contribution in [0.2, 0.25) is 0 Å². The Bertz CT molecular complexity index is 718. The lowest BCUT2D eigenvalue weighted by molar-refractivity contribution is -0.143. The van der Waals surface area contributed by atoms with Crippen LogP contribution in [-0.2, 0) is 16.0 Å². The summed E-state index contributed by atoms with van der Waals surface area (Å²) in [6.45, 7) is 0.698. The van der Waals surface area contributed by atoms with Crippen molar-refractivity contribution in [2.24, 2.45) is 23.2 Å².